The highest BCUT2D eigenvalue weighted by molar-refractivity contribution is 6.08. The van der Waals surface area contributed by atoms with Gasteiger partial charge in [0.1, 0.15) is 0 Å². The van der Waals surface area contributed by atoms with Gasteiger partial charge in [0.15, 0.2) is 5.78 Å². The van der Waals surface area contributed by atoms with Crippen LogP contribution in [0.5, 0.6) is 0 Å². The molecule has 1 rings (SSSR count). The zero-order chi connectivity index (χ0) is 14.8. The zero-order valence-electron chi connectivity index (χ0n) is 12.6. The third kappa shape index (κ3) is 5.16. The molecular weight excluding hydrogens is 250 g/mol. The number of benzene rings is 1. The molecular formula is C17H25NO2. The molecule has 0 heterocycles. The molecule has 1 amide bonds. The Bertz CT molecular complexity index is 399. The second-order valence-corrected chi connectivity index (χ2v) is 5.04. The van der Waals surface area contributed by atoms with E-state index in [9.17, 15) is 9.59 Å². The minimum absolute atomic E-state index is 0.0692. The zero-order valence-corrected chi connectivity index (χ0v) is 12.6. The van der Waals surface area contributed by atoms with Crippen LogP contribution in [0.2, 0.25) is 0 Å². The van der Waals surface area contributed by atoms with Crippen molar-refractivity contribution in [3.05, 3.63) is 35.4 Å². The number of Topliss-reactive ketones (excluding diaryl/α,β-unsaturated/α-hetero) is 1. The van der Waals surface area contributed by atoms with E-state index in [4.69, 9.17) is 0 Å². The van der Waals surface area contributed by atoms with Crippen LogP contribution in [0.3, 0.4) is 0 Å². The van der Waals surface area contributed by atoms with Crippen molar-refractivity contribution < 1.29 is 9.59 Å². The number of hydrogen-bond donors (Lipinski definition) is 1. The lowest BCUT2D eigenvalue weighted by Gasteiger charge is -2.09. The van der Waals surface area contributed by atoms with Gasteiger partial charge in [0.25, 0.3) is 5.91 Å². The Morgan fingerprint density at radius 2 is 1.60 bits per heavy atom. The van der Waals surface area contributed by atoms with Crippen molar-refractivity contribution >= 4 is 11.7 Å². The van der Waals surface area contributed by atoms with Crippen LogP contribution in [0, 0.1) is 0 Å². The summed E-state index contributed by atoms with van der Waals surface area (Å²) < 4.78 is 0. The molecule has 110 valence electrons. The average Bonchev–Trinajstić information content (AvgIpc) is 2.47. The van der Waals surface area contributed by atoms with Crippen molar-refractivity contribution in [2.75, 3.05) is 6.54 Å². The maximum Gasteiger partial charge on any atom is 0.252 e. The summed E-state index contributed by atoms with van der Waals surface area (Å²) in [5, 5.41) is 2.87. The van der Waals surface area contributed by atoms with Gasteiger partial charge >= 0.3 is 0 Å². The Labute approximate surface area is 121 Å². The third-order valence-electron chi connectivity index (χ3n) is 3.30. The van der Waals surface area contributed by atoms with E-state index in [1.165, 1.54) is 0 Å². The molecule has 3 nitrogen and oxygen atoms in total. The molecule has 20 heavy (non-hydrogen) atoms. The Balaban J connectivity index is 2.71. The predicted octanol–water partition coefficient (Wildman–Crippen LogP) is 3.98. The number of amides is 1. The molecule has 0 aliphatic carbocycles. The van der Waals surface area contributed by atoms with Crippen molar-refractivity contribution in [2.45, 2.75) is 52.4 Å². The first-order chi connectivity index (χ1) is 9.70. The van der Waals surface area contributed by atoms with Crippen LogP contribution in [-0.4, -0.2) is 18.2 Å². The van der Waals surface area contributed by atoms with Crippen molar-refractivity contribution in [1.29, 1.82) is 0 Å². The van der Waals surface area contributed by atoms with Gasteiger partial charge in [0.05, 0.1) is 5.56 Å². The molecule has 0 saturated heterocycles. The molecule has 0 atom stereocenters. The van der Waals surface area contributed by atoms with Gasteiger partial charge in [-0.3, -0.25) is 9.59 Å². The molecule has 0 aliphatic rings. The highest BCUT2D eigenvalue weighted by Crippen LogP contribution is 2.13. The van der Waals surface area contributed by atoms with Gasteiger partial charge in [-0.2, -0.15) is 0 Å². The smallest absolute Gasteiger partial charge is 0.252 e. The lowest BCUT2D eigenvalue weighted by molar-refractivity contribution is 0.0930. The second-order valence-electron chi connectivity index (χ2n) is 5.04. The van der Waals surface area contributed by atoms with Crippen LogP contribution >= 0.6 is 0 Å². The van der Waals surface area contributed by atoms with E-state index < -0.39 is 0 Å². The van der Waals surface area contributed by atoms with Crippen molar-refractivity contribution in [1.82, 2.24) is 5.32 Å². The fraction of sp³-hybridized carbons (Fsp3) is 0.529. The van der Waals surface area contributed by atoms with Gasteiger partial charge < -0.3 is 5.32 Å². The number of rotatable bonds is 9. The maximum absolute atomic E-state index is 12.2. The molecule has 0 aromatic heterocycles. The van der Waals surface area contributed by atoms with Gasteiger partial charge in [-0.25, -0.2) is 0 Å². The Morgan fingerprint density at radius 1 is 0.950 bits per heavy atom. The van der Waals surface area contributed by atoms with Gasteiger partial charge in [0.2, 0.25) is 0 Å². The Morgan fingerprint density at radius 3 is 2.25 bits per heavy atom. The van der Waals surface area contributed by atoms with Crippen molar-refractivity contribution in [3.8, 4) is 0 Å². The van der Waals surface area contributed by atoms with E-state index in [0.29, 0.717) is 24.1 Å². The van der Waals surface area contributed by atoms with E-state index in [-0.39, 0.29) is 11.7 Å². The molecule has 0 radical (unpaired) electrons. The third-order valence-corrected chi connectivity index (χ3v) is 3.30. The summed E-state index contributed by atoms with van der Waals surface area (Å²) in [7, 11) is 0. The molecule has 0 unspecified atom stereocenters. The largest absolute Gasteiger partial charge is 0.352 e. The molecule has 0 fully saturated rings. The molecule has 1 N–H and O–H groups in total. The van der Waals surface area contributed by atoms with E-state index >= 15 is 0 Å². The first-order valence-corrected chi connectivity index (χ1v) is 7.61. The van der Waals surface area contributed by atoms with Gasteiger partial charge in [-0.05, 0) is 18.9 Å². The van der Waals surface area contributed by atoms with Crippen LogP contribution in [-0.2, 0) is 0 Å². The predicted molar refractivity (Wildman–Crippen MR) is 82.2 cm³/mol. The van der Waals surface area contributed by atoms with E-state index in [2.05, 4.69) is 19.2 Å². The first-order valence-electron chi connectivity index (χ1n) is 7.61. The Kier molecular flexibility index (Phi) is 7.63. The molecule has 3 heteroatoms. The summed E-state index contributed by atoms with van der Waals surface area (Å²) in [4.78, 5) is 24.3. The molecule has 0 saturated carbocycles. The van der Waals surface area contributed by atoms with E-state index in [1.54, 1.807) is 18.2 Å². The summed E-state index contributed by atoms with van der Waals surface area (Å²) in [6, 6.07) is 7.10. The number of unbranched alkanes of at least 4 members (excludes halogenated alkanes) is 3. The van der Waals surface area contributed by atoms with Crippen LogP contribution < -0.4 is 5.32 Å². The second kappa shape index (κ2) is 9.29. The summed E-state index contributed by atoms with van der Waals surface area (Å²) in [6.07, 6.45) is 5.55. The number of carbonyl (C=O) groups excluding carboxylic acids is 2. The summed E-state index contributed by atoms with van der Waals surface area (Å²) in [5.41, 5.74) is 1.06. The van der Waals surface area contributed by atoms with Crippen LogP contribution in [0.25, 0.3) is 0 Å². The lowest BCUT2D eigenvalue weighted by Crippen LogP contribution is -2.26. The number of nitrogens with one attached hydrogen (secondary N) is 1. The summed E-state index contributed by atoms with van der Waals surface area (Å²) in [6.45, 7) is 4.85. The van der Waals surface area contributed by atoms with Crippen molar-refractivity contribution in [2.24, 2.45) is 0 Å². The minimum Gasteiger partial charge on any atom is -0.352 e. The quantitative estimate of drug-likeness (QED) is 0.547. The normalized spacial score (nSPS) is 10.3. The number of carbonyl (C=O) groups is 2. The number of hydrogen-bond acceptors (Lipinski definition) is 2. The lowest BCUT2D eigenvalue weighted by atomic mass is 9.99. The molecule has 1 aromatic carbocycles. The van der Waals surface area contributed by atoms with E-state index in [0.717, 1.165) is 32.1 Å². The van der Waals surface area contributed by atoms with Crippen LogP contribution in [0.15, 0.2) is 24.3 Å². The molecule has 0 aliphatic heterocycles. The highest BCUT2D eigenvalue weighted by Gasteiger charge is 2.15. The molecule has 0 bridgehead atoms. The fourth-order valence-corrected chi connectivity index (χ4v) is 2.07. The maximum atomic E-state index is 12.2. The molecule has 1 aromatic rings. The fourth-order valence-electron chi connectivity index (χ4n) is 2.07. The van der Waals surface area contributed by atoms with Gasteiger partial charge in [-0.1, -0.05) is 51.3 Å². The van der Waals surface area contributed by atoms with Gasteiger partial charge in [-0.15, -0.1) is 0 Å². The van der Waals surface area contributed by atoms with Crippen molar-refractivity contribution in [3.63, 3.8) is 0 Å². The van der Waals surface area contributed by atoms with Crippen LogP contribution in [0.1, 0.15) is 73.1 Å². The topological polar surface area (TPSA) is 46.2 Å². The minimum atomic E-state index is -0.141. The van der Waals surface area contributed by atoms with Crippen LogP contribution in [0.4, 0.5) is 0 Å². The highest BCUT2D eigenvalue weighted by atomic mass is 16.2. The summed E-state index contributed by atoms with van der Waals surface area (Å²) in [5.74, 6) is -0.0717. The summed E-state index contributed by atoms with van der Waals surface area (Å²) >= 11 is 0. The monoisotopic (exact) mass is 275 g/mol. The number of ketones is 1. The SMILES string of the molecule is CCCCCC(=O)c1ccccc1C(=O)NCCCC. The Hall–Kier alpha value is -1.64. The standard InChI is InChI=1S/C17H25NO2/c1-3-5-7-12-16(19)14-10-8-9-11-15(14)17(20)18-13-6-4-2/h8-11H,3-7,12-13H2,1-2H3,(H,18,20). The molecule has 0 spiro atoms. The average molecular weight is 275 g/mol. The van der Waals surface area contributed by atoms with Gasteiger partial charge in [0, 0.05) is 18.5 Å². The first kappa shape index (κ1) is 16.4. The van der Waals surface area contributed by atoms with E-state index in [1.807, 2.05) is 6.07 Å².